The third-order valence-electron chi connectivity index (χ3n) is 4.66. The molecular formula is C25H22N2O6. The van der Waals surface area contributed by atoms with E-state index in [0.29, 0.717) is 16.9 Å². The van der Waals surface area contributed by atoms with Gasteiger partial charge in [0.2, 0.25) is 0 Å². The van der Waals surface area contributed by atoms with Crippen molar-refractivity contribution in [1.29, 1.82) is 0 Å². The fourth-order valence-electron chi connectivity index (χ4n) is 3.01. The second-order valence-corrected chi connectivity index (χ2v) is 6.79. The molecule has 0 unspecified atom stereocenters. The smallest absolute Gasteiger partial charge is 0.335 e. The van der Waals surface area contributed by atoms with Gasteiger partial charge in [-0.15, -0.1) is 0 Å². The van der Waals surface area contributed by atoms with E-state index >= 15 is 0 Å². The van der Waals surface area contributed by atoms with E-state index in [-0.39, 0.29) is 22.7 Å². The molecule has 8 nitrogen and oxygen atoms in total. The molecule has 8 heteroatoms. The topological polar surface area (TPSA) is 114 Å². The predicted molar refractivity (Wildman–Crippen MR) is 123 cm³/mol. The van der Waals surface area contributed by atoms with Gasteiger partial charge in [0.1, 0.15) is 17.2 Å². The summed E-state index contributed by atoms with van der Waals surface area (Å²) < 4.78 is 10.6. The van der Waals surface area contributed by atoms with Crippen LogP contribution in [-0.2, 0) is 4.79 Å². The Morgan fingerprint density at radius 3 is 2.15 bits per heavy atom. The number of ether oxygens (including phenoxy) is 2. The fraction of sp³-hybridized carbons (Fsp3) is 0.0800. The van der Waals surface area contributed by atoms with E-state index in [4.69, 9.17) is 9.47 Å². The van der Waals surface area contributed by atoms with E-state index in [2.05, 4.69) is 10.6 Å². The van der Waals surface area contributed by atoms with E-state index in [1.807, 2.05) is 0 Å². The van der Waals surface area contributed by atoms with Crippen molar-refractivity contribution in [2.75, 3.05) is 19.5 Å². The summed E-state index contributed by atoms with van der Waals surface area (Å²) in [6.07, 6.45) is 1.47. The first-order valence-electron chi connectivity index (χ1n) is 9.86. The van der Waals surface area contributed by atoms with Crippen molar-refractivity contribution in [2.45, 2.75) is 0 Å². The highest BCUT2D eigenvalue weighted by atomic mass is 16.5. The van der Waals surface area contributed by atoms with Crippen LogP contribution in [0.15, 0.2) is 78.5 Å². The number of hydrogen-bond acceptors (Lipinski definition) is 5. The van der Waals surface area contributed by atoms with Crippen molar-refractivity contribution < 1.29 is 29.0 Å². The molecule has 0 aliphatic rings. The first-order chi connectivity index (χ1) is 15.9. The Bertz CT molecular complexity index is 1200. The van der Waals surface area contributed by atoms with Crippen molar-refractivity contribution in [3.8, 4) is 11.5 Å². The minimum absolute atomic E-state index is 0.0327. The molecule has 0 radical (unpaired) electrons. The normalized spacial score (nSPS) is 10.8. The Labute approximate surface area is 190 Å². The number of para-hydroxylation sites is 1. The Balaban J connectivity index is 1.99. The SMILES string of the molecule is COc1ccccc1/C=C(\NC(=O)c1ccccc1)C(=O)Nc1cc(C(=O)O)ccc1OC. The third-order valence-corrected chi connectivity index (χ3v) is 4.66. The Morgan fingerprint density at radius 2 is 1.48 bits per heavy atom. The minimum Gasteiger partial charge on any atom is -0.496 e. The van der Waals surface area contributed by atoms with Crippen molar-refractivity contribution in [2.24, 2.45) is 0 Å². The van der Waals surface area contributed by atoms with Crippen molar-refractivity contribution in [3.63, 3.8) is 0 Å². The van der Waals surface area contributed by atoms with Gasteiger partial charge in [-0.2, -0.15) is 0 Å². The molecular weight excluding hydrogens is 424 g/mol. The first kappa shape index (κ1) is 23.1. The highest BCUT2D eigenvalue weighted by molar-refractivity contribution is 6.11. The summed E-state index contributed by atoms with van der Waals surface area (Å²) in [7, 11) is 2.89. The van der Waals surface area contributed by atoms with Crippen LogP contribution >= 0.6 is 0 Å². The highest BCUT2D eigenvalue weighted by Crippen LogP contribution is 2.27. The summed E-state index contributed by atoms with van der Waals surface area (Å²) >= 11 is 0. The lowest BCUT2D eigenvalue weighted by Gasteiger charge is -2.14. The molecule has 0 fully saturated rings. The first-order valence-corrected chi connectivity index (χ1v) is 9.86. The van der Waals surface area contributed by atoms with Gasteiger partial charge in [-0.05, 0) is 42.5 Å². The number of nitrogens with one attached hydrogen (secondary N) is 2. The van der Waals surface area contributed by atoms with Crippen LogP contribution in [0.5, 0.6) is 11.5 Å². The molecule has 3 N–H and O–H groups in total. The maximum atomic E-state index is 13.2. The van der Waals surface area contributed by atoms with Crippen molar-refractivity contribution in [3.05, 3.63) is 95.2 Å². The van der Waals surface area contributed by atoms with Crippen molar-refractivity contribution in [1.82, 2.24) is 5.32 Å². The summed E-state index contributed by atoms with van der Waals surface area (Å²) in [5.41, 5.74) is 0.958. The fourth-order valence-corrected chi connectivity index (χ4v) is 3.01. The zero-order valence-corrected chi connectivity index (χ0v) is 18.0. The Kier molecular flexibility index (Phi) is 7.43. The van der Waals surface area contributed by atoms with Crippen LogP contribution in [0.2, 0.25) is 0 Å². The molecule has 3 aromatic carbocycles. The zero-order chi connectivity index (χ0) is 23.8. The molecule has 2 amide bonds. The van der Waals surface area contributed by atoms with Gasteiger partial charge in [-0.25, -0.2) is 4.79 Å². The van der Waals surface area contributed by atoms with E-state index < -0.39 is 17.8 Å². The van der Waals surface area contributed by atoms with Crippen LogP contribution < -0.4 is 20.1 Å². The monoisotopic (exact) mass is 446 g/mol. The lowest BCUT2D eigenvalue weighted by Crippen LogP contribution is -2.31. The lowest BCUT2D eigenvalue weighted by molar-refractivity contribution is -0.113. The molecule has 0 spiro atoms. The molecule has 3 aromatic rings. The summed E-state index contributed by atoms with van der Waals surface area (Å²) in [6.45, 7) is 0. The molecule has 0 aliphatic carbocycles. The van der Waals surface area contributed by atoms with Crippen LogP contribution in [0.25, 0.3) is 6.08 Å². The summed E-state index contributed by atoms with van der Waals surface area (Å²) in [5, 5.41) is 14.5. The number of methoxy groups -OCH3 is 2. The van der Waals surface area contributed by atoms with Gasteiger partial charge in [0.05, 0.1) is 25.5 Å². The van der Waals surface area contributed by atoms with Crippen LogP contribution in [0.1, 0.15) is 26.3 Å². The van der Waals surface area contributed by atoms with E-state index in [0.717, 1.165) is 0 Å². The summed E-state index contributed by atoms with van der Waals surface area (Å²) in [5.74, 6) is -1.55. The van der Waals surface area contributed by atoms with Gasteiger partial charge in [0, 0.05) is 11.1 Å². The highest BCUT2D eigenvalue weighted by Gasteiger charge is 2.18. The third kappa shape index (κ3) is 5.76. The molecule has 0 heterocycles. The van der Waals surface area contributed by atoms with Gasteiger partial charge in [-0.1, -0.05) is 36.4 Å². The maximum Gasteiger partial charge on any atom is 0.335 e. The van der Waals surface area contributed by atoms with Crippen molar-refractivity contribution >= 4 is 29.5 Å². The molecule has 0 saturated carbocycles. The summed E-state index contributed by atoms with van der Waals surface area (Å²) in [6, 6.07) is 19.5. The number of carboxylic acid groups (broad SMARTS) is 1. The average Bonchev–Trinajstić information content (AvgIpc) is 2.84. The van der Waals surface area contributed by atoms with E-state index in [1.165, 1.54) is 38.5 Å². The molecule has 0 aromatic heterocycles. The largest absolute Gasteiger partial charge is 0.496 e. The molecule has 33 heavy (non-hydrogen) atoms. The number of rotatable bonds is 8. The van der Waals surface area contributed by atoms with Crippen LogP contribution in [0.3, 0.4) is 0 Å². The molecule has 168 valence electrons. The van der Waals surface area contributed by atoms with Gasteiger partial charge in [0.15, 0.2) is 0 Å². The molecule has 3 rings (SSSR count). The molecule has 0 aliphatic heterocycles. The van der Waals surface area contributed by atoms with Crippen LogP contribution in [0, 0.1) is 0 Å². The standard InChI is InChI=1S/C25H22N2O6/c1-32-21-11-7-6-10-17(21)14-20(27-23(28)16-8-4-3-5-9-16)24(29)26-19-15-18(25(30)31)12-13-22(19)33-2/h3-15H,1-2H3,(H,26,29)(H,27,28)(H,30,31)/b20-14-. The lowest BCUT2D eigenvalue weighted by atomic mass is 10.1. The number of hydrogen-bond donors (Lipinski definition) is 3. The number of benzene rings is 3. The van der Waals surface area contributed by atoms with Crippen LogP contribution in [-0.4, -0.2) is 37.1 Å². The molecule has 0 bridgehead atoms. The zero-order valence-electron chi connectivity index (χ0n) is 18.0. The van der Waals surface area contributed by atoms with E-state index in [1.54, 1.807) is 54.6 Å². The Morgan fingerprint density at radius 1 is 0.818 bits per heavy atom. The average molecular weight is 446 g/mol. The minimum atomic E-state index is -1.16. The van der Waals surface area contributed by atoms with Gasteiger partial charge in [-0.3, -0.25) is 9.59 Å². The second-order valence-electron chi connectivity index (χ2n) is 6.79. The van der Waals surface area contributed by atoms with Gasteiger partial charge in [0.25, 0.3) is 11.8 Å². The Hall–Kier alpha value is -4.59. The number of carboxylic acids is 1. The molecule has 0 atom stereocenters. The molecule has 0 saturated heterocycles. The maximum absolute atomic E-state index is 13.2. The van der Waals surface area contributed by atoms with Crippen LogP contribution in [0.4, 0.5) is 5.69 Å². The second kappa shape index (κ2) is 10.6. The number of carbonyl (C=O) groups is 3. The van der Waals surface area contributed by atoms with Gasteiger partial charge < -0.3 is 25.2 Å². The number of amides is 2. The summed E-state index contributed by atoms with van der Waals surface area (Å²) in [4.78, 5) is 37.3. The quantitative estimate of drug-likeness (QED) is 0.454. The number of anilines is 1. The predicted octanol–water partition coefficient (Wildman–Crippen LogP) is 3.81. The number of aromatic carboxylic acids is 1. The number of carbonyl (C=O) groups excluding carboxylic acids is 2. The van der Waals surface area contributed by atoms with Gasteiger partial charge >= 0.3 is 5.97 Å². The van der Waals surface area contributed by atoms with E-state index in [9.17, 15) is 19.5 Å².